The number of halogens is 6. The number of aromatic amines is 1. The summed E-state index contributed by atoms with van der Waals surface area (Å²) in [5, 5.41) is 3.07. The summed E-state index contributed by atoms with van der Waals surface area (Å²) in [4.78, 5) is 5.96. The van der Waals surface area contributed by atoms with Crippen LogP contribution in [0.5, 0.6) is 0 Å². The van der Waals surface area contributed by atoms with Crippen LogP contribution < -0.4 is 5.32 Å². The second-order valence-electron chi connectivity index (χ2n) is 4.29. The minimum atomic E-state index is -1.93. The van der Waals surface area contributed by atoms with Gasteiger partial charge in [0.05, 0.1) is 15.7 Å². The predicted molar refractivity (Wildman–Crippen MR) is 75.7 cm³/mol. The van der Waals surface area contributed by atoms with Crippen LogP contribution in [0.1, 0.15) is 0 Å². The van der Waals surface area contributed by atoms with E-state index in [4.69, 9.17) is 23.2 Å². The van der Waals surface area contributed by atoms with Crippen LogP contribution in [0.4, 0.5) is 29.2 Å². The van der Waals surface area contributed by atoms with Gasteiger partial charge >= 0.3 is 0 Å². The van der Waals surface area contributed by atoms with Crippen molar-refractivity contribution in [2.45, 2.75) is 0 Å². The van der Waals surface area contributed by atoms with Crippen molar-refractivity contribution in [1.29, 1.82) is 0 Å². The van der Waals surface area contributed by atoms with Gasteiger partial charge in [0, 0.05) is 0 Å². The third kappa shape index (κ3) is 2.26. The molecule has 0 spiro atoms. The minimum absolute atomic E-state index is 0.173. The maximum absolute atomic E-state index is 13.6. The lowest BCUT2D eigenvalue weighted by Crippen LogP contribution is -1.97. The Morgan fingerprint density at radius 2 is 1.50 bits per heavy atom. The van der Waals surface area contributed by atoms with E-state index in [0.29, 0.717) is 0 Å². The number of anilines is 2. The number of hydrogen-bond acceptors (Lipinski definition) is 2. The molecule has 3 nitrogen and oxygen atoms in total. The van der Waals surface area contributed by atoms with E-state index in [0.717, 1.165) is 0 Å². The molecular formula is C13H5Cl2F4N3. The molecule has 0 unspecified atom stereocenters. The first-order chi connectivity index (χ1) is 10.4. The zero-order valence-electron chi connectivity index (χ0n) is 10.4. The summed E-state index contributed by atoms with van der Waals surface area (Å²) < 4.78 is 53.6. The van der Waals surface area contributed by atoms with E-state index in [9.17, 15) is 17.6 Å². The highest BCUT2D eigenvalue weighted by Crippen LogP contribution is 2.33. The fourth-order valence-corrected chi connectivity index (χ4v) is 2.38. The van der Waals surface area contributed by atoms with Crippen molar-refractivity contribution in [2.75, 3.05) is 5.32 Å². The highest BCUT2D eigenvalue weighted by molar-refractivity contribution is 6.39. The maximum Gasteiger partial charge on any atom is 0.205 e. The molecule has 0 aliphatic rings. The Hall–Kier alpha value is -1.99. The fourth-order valence-electron chi connectivity index (χ4n) is 1.89. The van der Waals surface area contributed by atoms with Gasteiger partial charge in [-0.25, -0.2) is 22.5 Å². The third-order valence-corrected chi connectivity index (χ3v) is 3.55. The predicted octanol–water partition coefficient (Wildman–Crippen LogP) is 5.17. The van der Waals surface area contributed by atoms with Crippen molar-refractivity contribution >= 4 is 45.9 Å². The highest BCUT2D eigenvalue weighted by Gasteiger charge is 2.23. The molecule has 0 amide bonds. The van der Waals surface area contributed by atoms with Crippen LogP contribution in [-0.2, 0) is 0 Å². The molecular weight excluding hydrogens is 345 g/mol. The molecule has 3 aromatic rings. The van der Waals surface area contributed by atoms with Gasteiger partial charge in [0.2, 0.25) is 5.95 Å². The first-order valence-corrected chi connectivity index (χ1v) is 6.58. The molecule has 3 rings (SSSR count). The van der Waals surface area contributed by atoms with Gasteiger partial charge in [0.1, 0.15) is 11.0 Å². The number of aromatic nitrogens is 2. The Balaban J connectivity index is 2.14. The minimum Gasteiger partial charge on any atom is -0.323 e. The van der Waals surface area contributed by atoms with Gasteiger partial charge < -0.3 is 10.3 Å². The zero-order valence-corrected chi connectivity index (χ0v) is 12.0. The molecule has 1 heterocycles. The number of para-hydroxylation sites is 1. The lowest BCUT2D eigenvalue weighted by Gasteiger charge is -2.06. The number of nitrogens with zero attached hydrogens (tertiary/aromatic N) is 1. The standard InChI is InChI=1S/C13H5Cl2F4N3/c14-4-2-1-3-5(15)10(4)20-13-21-11-8(18)6(16)7(17)9(19)12(11)22-13/h1-3H,(H2,20,21,22). The van der Waals surface area contributed by atoms with Crippen LogP contribution in [0.15, 0.2) is 18.2 Å². The molecule has 2 aromatic carbocycles. The molecule has 0 atom stereocenters. The number of imidazole rings is 1. The Labute approximate surface area is 130 Å². The van der Waals surface area contributed by atoms with Crippen LogP contribution in [0.25, 0.3) is 11.0 Å². The normalized spacial score (nSPS) is 11.2. The molecule has 0 aliphatic carbocycles. The van der Waals surface area contributed by atoms with Crippen molar-refractivity contribution in [2.24, 2.45) is 0 Å². The molecule has 9 heteroatoms. The molecule has 0 radical (unpaired) electrons. The number of fused-ring (bicyclic) bond motifs is 1. The van der Waals surface area contributed by atoms with Gasteiger partial charge in [-0.2, -0.15) is 0 Å². The van der Waals surface area contributed by atoms with Crippen LogP contribution >= 0.6 is 23.2 Å². The van der Waals surface area contributed by atoms with Gasteiger partial charge in [0.25, 0.3) is 0 Å². The van der Waals surface area contributed by atoms with E-state index in [1.165, 1.54) is 12.1 Å². The molecule has 0 fully saturated rings. The second kappa shape index (κ2) is 5.33. The maximum atomic E-state index is 13.6. The number of benzene rings is 2. The number of nitrogens with one attached hydrogen (secondary N) is 2. The quantitative estimate of drug-likeness (QED) is 0.380. The summed E-state index contributed by atoms with van der Waals surface area (Å²) in [6.45, 7) is 0. The van der Waals surface area contributed by atoms with Crippen LogP contribution in [0, 0.1) is 23.3 Å². The number of rotatable bonds is 2. The average molecular weight is 350 g/mol. The van der Waals surface area contributed by atoms with Crippen molar-refractivity contribution in [3.8, 4) is 0 Å². The van der Waals surface area contributed by atoms with Crippen LogP contribution in [-0.4, -0.2) is 9.97 Å². The molecule has 2 N–H and O–H groups in total. The largest absolute Gasteiger partial charge is 0.323 e. The number of H-pyrrole nitrogens is 1. The molecule has 1 aromatic heterocycles. The summed E-state index contributed by atoms with van der Waals surface area (Å²) in [5.74, 6) is -7.19. The summed E-state index contributed by atoms with van der Waals surface area (Å²) in [5.41, 5.74) is -1.06. The Morgan fingerprint density at radius 3 is 2.14 bits per heavy atom. The fraction of sp³-hybridized carbons (Fsp3) is 0. The van der Waals surface area contributed by atoms with Crippen molar-refractivity contribution in [3.05, 3.63) is 51.5 Å². The van der Waals surface area contributed by atoms with Gasteiger partial charge in [-0.3, -0.25) is 0 Å². The summed E-state index contributed by atoms with van der Waals surface area (Å²) in [6, 6.07) is 4.65. The lowest BCUT2D eigenvalue weighted by molar-refractivity contribution is 0.417. The Morgan fingerprint density at radius 1 is 0.909 bits per heavy atom. The first kappa shape index (κ1) is 14.9. The molecule has 114 valence electrons. The third-order valence-electron chi connectivity index (χ3n) is 2.92. The van der Waals surface area contributed by atoms with E-state index >= 15 is 0 Å². The van der Waals surface area contributed by atoms with Gasteiger partial charge in [-0.05, 0) is 12.1 Å². The second-order valence-corrected chi connectivity index (χ2v) is 5.10. The van der Waals surface area contributed by atoms with E-state index < -0.39 is 34.3 Å². The first-order valence-electron chi connectivity index (χ1n) is 5.83. The SMILES string of the molecule is Fc1c(F)c(F)c2[nH]c(Nc3c(Cl)cccc3Cl)nc2c1F. The van der Waals surface area contributed by atoms with E-state index in [1.54, 1.807) is 6.07 Å². The molecule has 0 aliphatic heterocycles. The molecule has 22 heavy (non-hydrogen) atoms. The van der Waals surface area contributed by atoms with E-state index in [-0.39, 0.29) is 21.7 Å². The number of hydrogen-bond donors (Lipinski definition) is 2. The zero-order chi connectivity index (χ0) is 16.0. The van der Waals surface area contributed by atoms with Gasteiger partial charge in [0.15, 0.2) is 23.3 Å². The van der Waals surface area contributed by atoms with Gasteiger partial charge in [-0.15, -0.1) is 0 Å². The summed E-state index contributed by atoms with van der Waals surface area (Å²) in [6.07, 6.45) is 0. The van der Waals surface area contributed by atoms with Crippen LogP contribution in [0.2, 0.25) is 10.0 Å². The average Bonchev–Trinajstić information content (AvgIpc) is 2.91. The Bertz CT molecular complexity index is 830. The monoisotopic (exact) mass is 349 g/mol. The van der Waals surface area contributed by atoms with E-state index in [2.05, 4.69) is 15.3 Å². The lowest BCUT2D eigenvalue weighted by atomic mass is 10.2. The van der Waals surface area contributed by atoms with Gasteiger partial charge in [-0.1, -0.05) is 29.3 Å². The highest BCUT2D eigenvalue weighted by atomic mass is 35.5. The van der Waals surface area contributed by atoms with Crippen LogP contribution in [0.3, 0.4) is 0 Å². The van der Waals surface area contributed by atoms with E-state index in [1.807, 2.05) is 0 Å². The molecule has 0 saturated heterocycles. The Kier molecular flexibility index (Phi) is 3.62. The smallest absolute Gasteiger partial charge is 0.205 e. The van der Waals surface area contributed by atoms with Crippen molar-refractivity contribution in [1.82, 2.24) is 9.97 Å². The molecule has 0 saturated carbocycles. The summed E-state index contributed by atoms with van der Waals surface area (Å²) in [7, 11) is 0. The molecule has 0 bridgehead atoms. The topological polar surface area (TPSA) is 40.7 Å². The summed E-state index contributed by atoms with van der Waals surface area (Å²) >= 11 is 11.9. The van der Waals surface area contributed by atoms with Crippen molar-refractivity contribution in [3.63, 3.8) is 0 Å². The van der Waals surface area contributed by atoms with Crippen molar-refractivity contribution < 1.29 is 17.6 Å².